The van der Waals surface area contributed by atoms with E-state index in [-0.39, 0.29) is 0 Å². The second kappa shape index (κ2) is 6.29. The average Bonchev–Trinajstić information content (AvgIpc) is 3.29. The highest BCUT2D eigenvalue weighted by Gasteiger charge is 2.20. The Morgan fingerprint density at radius 2 is 1.90 bits per heavy atom. The molecule has 0 aromatic heterocycles. The zero-order valence-electron chi connectivity index (χ0n) is 11.3. The first-order valence-electron chi connectivity index (χ1n) is 7.00. The third kappa shape index (κ3) is 3.75. The maximum atomic E-state index is 6.08. The highest BCUT2D eigenvalue weighted by atomic mass is 35.5. The lowest BCUT2D eigenvalue weighted by Crippen LogP contribution is -2.16. The molecule has 1 N–H and O–H groups in total. The molecule has 104 valence electrons. The van der Waals surface area contributed by atoms with E-state index in [0.717, 1.165) is 22.9 Å². The van der Waals surface area contributed by atoms with Crippen molar-refractivity contribution in [3.8, 4) is 5.75 Å². The molecule has 0 amide bonds. The summed E-state index contributed by atoms with van der Waals surface area (Å²) in [6, 6.07) is 16.7. The SMILES string of the molecule is Clc1ccc(OCc2ccccc2)c(CNC2CC2)c1. The summed E-state index contributed by atoms with van der Waals surface area (Å²) in [4.78, 5) is 0. The zero-order chi connectivity index (χ0) is 13.8. The highest BCUT2D eigenvalue weighted by Crippen LogP contribution is 2.26. The lowest BCUT2D eigenvalue weighted by atomic mass is 10.2. The van der Waals surface area contributed by atoms with Gasteiger partial charge in [-0.15, -0.1) is 0 Å². The fourth-order valence-electron chi connectivity index (χ4n) is 2.10. The summed E-state index contributed by atoms with van der Waals surface area (Å²) in [5, 5.41) is 4.25. The van der Waals surface area contributed by atoms with Crippen LogP contribution >= 0.6 is 11.6 Å². The smallest absolute Gasteiger partial charge is 0.124 e. The van der Waals surface area contributed by atoms with Crippen molar-refractivity contribution in [1.82, 2.24) is 5.32 Å². The number of halogens is 1. The number of rotatable bonds is 6. The minimum absolute atomic E-state index is 0.582. The first-order valence-corrected chi connectivity index (χ1v) is 7.37. The average molecular weight is 288 g/mol. The lowest BCUT2D eigenvalue weighted by molar-refractivity contribution is 0.302. The van der Waals surface area contributed by atoms with Crippen LogP contribution in [0.15, 0.2) is 48.5 Å². The third-order valence-corrected chi connectivity index (χ3v) is 3.65. The molecule has 2 aromatic rings. The van der Waals surface area contributed by atoms with E-state index in [1.807, 2.05) is 36.4 Å². The molecule has 20 heavy (non-hydrogen) atoms. The van der Waals surface area contributed by atoms with Crippen molar-refractivity contribution in [2.75, 3.05) is 0 Å². The molecule has 0 spiro atoms. The monoisotopic (exact) mass is 287 g/mol. The van der Waals surface area contributed by atoms with Crippen molar-refractivity contribution in [3.05, 3.63) is 64.7 Å². The van der Waals surface area contributed by atoms with Crippen molar-refractivity contribution in [1.29, 1.82) is 0 Å². The molecular weight excluding hydrogens is 270 g/mol. The van der Waals surface area contributed by atoms with E-state index in [4.69, 9.17) is 16.3 Å². The molecule has 1 aliphatic rings. The van der Waals surface area contributed by atoms with Crippen LogP contribution < -0.4 is 10.1 Å². The molecule has 1 aliphatic carbocycles. The van der Waals surface area contributed by atoms with Crippen LogP contribution in [0.1, 0.15) is 24.0 Å². The molecule has 2 aromatic carbocycles. The molecule has 3 heteroatoms. The molecule has 1 saturated carbocycles. The Bertz CT molecular complexity index is 566. The Balaban J connectivity index is 1.67. The van der Waals surface area contributed by atoms with Crippen LogP contribution in [0.4, 0.5) is 0 Å². The van der Waals surface area contributed by atoms with Gasteiger partial charge in [-0.1, -0.05) is 41.9 Å². The number of hydrogen-bond acceptors (Lipinski definition) is 2. The van der Waals surface area contributed by atoms with Gasteiger partial charge in [0.2, 0.25) is 0 Å². The van der Waals surface area contributed by atoms with Gasteiger partial charge in [0.05, 0.1) is 0 Å². The van der Waals surface area contributed by atoms with Crippen LogP contribution in [0.3, 0.4) is 0 Å². The molecule has 0 bridgehead atoms. The van der Waals surface area contributed by atoms with Crippen LogP contribution in [0.25, 0.3) is 0 Å². The maximum absolute atomic E-state index is 6.08. The summed E-state index contributed by atoms with van der Waals surface area (Å²) in [5.41, 5.74) is 2.30. The highest BCUT2D eigenvalue weighted by molar-refractivity contribution is 6.30. The standard InChI is InChI=1S/C17H18ClNO/c18-15-6-9-17(14(10-15)11-19-16-7-8-16)20-12-13-4-2-1-3-5-13/h1-6,9-10,16,19H,7-8,11-12H2. The van der Waals surface area contributed by atoms with Crippen LogP contribution in [-0.4, -0.2) is 6.04 Å². The number of nitrogens with one attached hydrogen (secondary N) is 1. The summed E-state index contributed by atoms with van der Waals surface area (Å²) in [5.74, 6) is 0.909. The molecule has 0 unspecified atom stereocenters. The van der Waals surface area contributed by atoms with E-state index in [2.05, 4.69) is 17.4 Å². The van der Waals surface area contributed by atoms with Crippen molar-refractivity contribution in [2.45, 2.75) is 32.0 Å². The van der Waals surface area contributed by atoms with Gasteiger partial charge in [-0.2, -0.15) is 0 Å². The largest absolute Gasteiger partial charge is 0.489 e. The van der Waals surface area contributed by atoms with Crippen molar-refractivity contribution in [2.24, 2.45) is 0 Å². The fraction of sp³-hybridized carbons (Fsp3) is 0.294. The van der Waals surface area contributed by atoms with Gasteiger partial charge in [-0.25, -0.2) is 0 Å². The molecule has 0 saturated heterocycles. The maximum Gasteiger partial charge on any atom is 0.124 e. The third-order valence-electron chi connectivity index (χ3n) is 3.42. The van der Waals surface area contributed by atoms with Gasteiger partial charge in [0.1, 0.15) is 12.4 Å². The Kier molecular flexibility index (Phi) is 4.24. The normalized spacial score (nSPS) is 14.2. The summed E-state index contributed by atoms with van der Waals surface area (Å²) in [7, 11) is 0. The van der Waals surface area contributed by atoms with E-state index in [9.17, 15) is 0 Å². The summed E-state index contributed by atoms with van der Waals surface area (Å²) in [6.07, 6.45) is 2.56. The van der Waals surface area contributed by atoms with E-state index in [1.165, 1.54) is 18.4 Å². The summed E-state index contributed by atoms with van der Waals surface area (Å²) >= 11 is 6.08. The molecule has 0 radical (unpaired) electrons. The molecule has 0 heterocycles. The first-order chi connectivity index (χ1) is 9.81. The van der Waals surface area contributed by atoms with Crippen LogP contribution in [0, 0.1) is 0 Å². The van der Waals surface area contributed by atoms with Crippen LogP contribution in [0.5, 0.6) is 5.75 Å². The van der Waals surface area contributed by atoms with E-state index < -0.39 is 0 Å². The van der Waals surface area contributed by atoms with Crippen molar-refractivity contribution < 1.29 is 4.74 Å². The predicted molar refractivity (Wildman–Crippen MR) is 82.1 cm³/mol. The Morgan fingerprint density at radius 1 is 1.10 bits per heavy atom. The first kappa shape index (κ1) is 13.5. The number of benzene rings is 2. The Hall–Kier alpha value is -1.51. The van der Waals surface area contributed by atoms with Gasteiger partial charge in [0.25, 0.3) is 0 Å². The Labute approximate surface area is 124 Å². The van der Waals surface area contributed by atoms with Gasteiger partial charge in [0.15, 0.2) is 0 Å². The number of ether oxygens (including phenoxy) is 1. The summed E-state index contributed by atoms with van der Waals surface area (Å²) in [6.45, 7) is 1.40. The van der Waals surface area contributed by atoms with Crippen molar-refractivity contribution >= 4 is 11.6 Å². The molecule has 3 rings (SSSR count). The van der Waals surface area contributed by atoms with Gasteiger partial charge in [-0.05, 0) is 36.6 Å². The molecule has 0 aliphatic heterocycles. The van der Waals surface area contributed by atoms with E-state index in [1.54, 1.807) is 0 Å². The molecule has 0 atom stereocenters. The van der Waals surface area contributed by atoms with Crippen LogP contribution in [-0.2, 0) is 13.2 Å². The number of hydrogen-bond donors (Lipinski definition) is 1. The van der Waals surface area contributed by atoms with E-state index >= 15 is 0 Å². The van der Waals surface area contributed by atoms with Crippen LogP contribution in [0.2, 0.25) is 5.02 Å². The quantitative estimate of drug-likeness (QED) is 0.861. The second-order valence-electron chi connectivity index (χ2n) is 5.18. The topological polar surface area (TPSA) is 21.3 Å². The van der Waals surface area contributed by atoms with Gasteiger partial charge >= 0.3 is 0 Å². The lowest BCUT2D eigenvalue weighted by Gasteiger charge is -2.12. The second-order valence-corrected chi connectivity index (χ2v) is 5.62. The van der Waals surface area contributed by atoms with Gasteiger partial charge in [0, 0.05) is 23.2 Å². The van der Waals surface area contributed by atoms with Crippen molar-refractivity contribution in [3.63, 3.8) is 0 Å². The molecule has 2 nitrogen and oxygen atoms in total. The molecule has 1 fully saturated rings. The fourth-order valence-corrected chi connectivity index (χ4v) is 2.30. The predicted octanol–water partition coefficient (Wildman–Crippen LogP) is 4.17. The summed E-state index contributed by atoms with van der Waals surface area (Å²) < 4.78 is 5.93. The minimum atomic E-state index is 0.582. The van der Waals surface area contributed by atoms with Gasteiger partial charge in [-0.3, -0.25) is 0 Å². The van der Waals surface area contributed by atoms with Gasteiger partial charge < -0.3 is 10.1 Å². The minimum Gasteiger partial charge on any atom is -0.489 e. The Morgan fingerprint density at radius 3 is 2.65 bits per heavy atom. The molecular formula is C17H18ClNO. The zero-order valence-corrected chi connectivity index (χ0v) is 12.1. The van der Waals surface area contributed by atoms with E-state index in [0.29, 0.717) is 12.6 Å².